The normalized spacial score (nSPS) is 12.6. The Morgan fingerprint density at radius 1 is 1.07 bits per heavy atom. The molecule has 0 radical (unpaired) electrons. The van der Waals surface area contributed by atoms with Crippen molar-refractivity contribution in [1.29, 1.82) is 0 Å². The Hall–Kier alpha value is -2.71. The Labute approximate surface area is 162 Å². The minimum absolute atomic E-state index is 0.0493. The summed E-state index contributed by atoms with van der Waals surface area (Å²) in [6.07, 6.45) is -4.28. The molecular weight excluding hydrogens is 398 g/mol. The van der Waals surface area contributed by atoms with E-state index in [1.807, 2.05) is 0 Å². The van der Waals surface area contributed by atoms with E-state index in [0.717, 1.165) is 6.07 Å². The lowest BCUT2D eigenvalue weighted by Gasteiger charge is -2.13. The first-order valence-electron chi connectivity index (χ1n) is 8.10. The van der Waals surface area contributed by atoms with Crippen LogP contribution in [0, 0.1) is 5.82 Å². The largest absolute Gasteiger partial charge is 0.417 e. The van der Waals surface area contributed by atoms with Gasteiger partial charge in [-0.2, -0.15) is 13.2 Å². The monoisotopic (exact) mass is 411 g/mol. The van der Waals surface area contributed by atoms with Crippen molar-refractivity contribution in [1.82, 2.24) is 9.97 Å². The third kappa shape index (κ3) is 4.76. The summed E-state index contributed by atoms with van der Waals surface area (Å²) in [4.78, 5) is 8.04. The van der Waals surface area contributed by atoms with Crippen LogP contribution in [0.25, 0.3) is 11.3 Å². The average Bonchev–Trinajstić information content (AvgIpc) is 2.65. The first-order chi connectivity index (χ1) is 13.2. The van der Waals surface area contributed by atoms with E-state index in [4.69, 9.17) is 11.6 Å². The van der Waals surface area contributed by atoms with Crippen LogP contribution in [-0.4, -0.2) is 21.6 Å². The zero-order valence-corrected chi connectivity index (χ0v) is 15.0. The third-order valence-electron chi connectivity index (χ3n) is 3.95. The number of anilines is 1. The van der Waals surface area contributed by atoms with E-state index in [1.54, 1.807) is 6.07 Å². The Kier molecular flexibility index (Phi) is 5.81. The number of hydrogen-bond donors (Lipinski definition) is 2. The van der Waals surface area contributed by atoms with Crippen molar-refractivity contribution < 1.29 is 22.7 Å². The van der Waals surface area contributed by atoms with Gasteiger partial charge in [0.1, 0.15) is 18.0 Å². The van der Waals surface area contributed by atoms with Crippen LogP contribution < -0.4 is 5.32 Å². The van der Waals surface area contributed by atoms with Crippen molar-refractivity contribution in [3.8, 4) is 11.3 Å². The van der Waals surface area contributed by atoms with Gasteiger partial charge in [0.05, 0.1) is 22.4 Å². The first kappa shape index (κ1) is 20.0. The van der Waals surface area contributed by atoms with Crippen LogP contribution in [0.5, 0.6) is 0 Å². The lowest BCUT2D eigenvalue weighted by Crippen LogP contribution is -2.13. The third-order valence-corrected chi connectivity index (χ3v) is 4.26. The number of aromatic nitrogens is 2. The molecule has 0 fully saturated rings. The van der Waals surface area contributed by atoms with Gasteiger partial charge in [0.15, 0.2) is 0 Å². The molecule has 4 nitrogen and oxygen atoms in total. The number of aliphatic hydroxyl groups excluding tert-OH is 1. The van der Waals surface area contributed by atoms with Crippen LogP contribution in [0.1, 0.15) is 17.2 Å². The van der Waals surface area contributed by atoms with Crippen LogP contribution in [0.3, 0.4) is 0 Å². The van der Waals surface area contributed by atoms with Crippen LogP contribution in [0.4, 0.5) is 23.4 Å². The number of hydrogen-bond acceptors (Lipinski definition) is 4. The summed E-state index contributed by atoms with van der Waals surface area (Å²) >= 11 is 5.74. The van der Waals surface area contributed by atoms with E-state index < -0.39 is 28.7 Å². The molecule has 0 aliphatic heterocycles. The quantitative estimate of drug-likeness (QED) is 0.573. The summed E-state index contributed by atoms with van der Waals surface area (Å²) in [7, 11) is 0. The fourth-order valence-corrected chi connectivity index (χ4v) is 2.84. The van der Waals surface area contributed by atoms with Crippen molar-refractivity contribution in [3.05, 3.63) is 76.8 Å². The molecule has 1 heterocycles. The number of aliphatic hydroxyl groups is 1. The van der Waals surface area contributed by atoms with Crippen LogP contribution >= 0.6 is 11.6 Å². The van der Waals surface area contributed by atoms with E-state index in [9.17, 15) is 22.7 Å². The highest BCUT2D eigenvalue weighted by Crippen LogP contribution is 2.36. The van der Waals surface area contributed by atoms with E-state index >= 15 is 0 Å². The van der Waals surface area contributed by atoms with Gasteiger partial charge in [-0.05, 0) is 29.8 Å². The second-order valence-corrected chi connectivity index (χ2v) is 6.34. The van der Waals surface area contributed by atoms with Crippen LogP contribution in [0.2, 0.25) is 5.02 Å². The highest BCUT2D eigenvalue weighted by Gasteiger charge is 2.33. The lowest BCUT2D eigenvalue weighted by molar-refractivity contribution is -0.137. The molecule has 3 aromatic rings. The number of benzene rings is 2. The van der Waals surface area contributed by atoms with E-state index in [1.165, 1.54) is 42.7 Å². The summed E-state index contributed by atoms with van der Waals surface area (Å²) in [5.74, 6) is -0.114. The van der Waals surface area contributed by atoms with Crippen LogP contribution in [0.15, 0.2) is 54.9 Å². The predicted octanol–water partition coefficient (Wildman–Crippen LogP) is 5.10. The minimum atomic E-state index is -4.54. The Bertz CT molecular complexity index is 981. The molecule has 3 rings (SSSR count). The number of halogens is 5. The van der Waals surface area contributed by atoms with Crippen molar-refractivity contribution in [2.75, 3.05) is 11.9 Å². The van der Waals surface area contributed by atoms with Gasteiger partial charge >= 0.3 is 6.18 Å². The molecule has 9 heteroatoms. The van der Waals surface area contributed by atoms with Gasteiger partial charge in [-0.3, -0.25) is 0 Å². The molecule has 0 bridgehead atoms. The van der Waals surface area contributed by atoms with Gasteiger partial charge in [-0.25, -0.2) is 14.4 Å². The fourth-order valence-electron chi connectivity index (χ4n) is 2.55. The Balaban J connectivity index is 1.75. The fraction of sp³-hybridized carbons (Fsp3) is 0.158. The smallest absolute Gasteiger partial charge is 0.387 e. The molecule has 28 heavy (non-hydrogen) atoms. The molecular formula is C19H14ClF4N3O. The molecule has 2 aromatic carbocycles. The zero-order valence-electron chi connectivity index (χ0n) is 14.2. The maximum atomic E-state index is 13.2. The molecule has 0 amide bonds. The van der Waals surface area contributed by atoms with Crippen molar-refractivity contribution >= 4 is 17.4 Å². The SMILES string of the molecule is O[C@@H](CNc1cc(-c2ccc(C(F)(F)F)c(Cl)c2)ncn1)c1cccc(F)c1. The van der Waals surface area contributed by atoms with Crippen molar-refractivity contribution in [3.63, 3.8) is 0 Å². The molecule has 0 saturated carbocycles. The van der Waals surface area contributed by atoms with Crippen LogP contribution in [-0.2, 0) is 6.18 Å². The molecule has 0 unspecified atom stereocenters. The maximum absolute atomic E-state index is 13.2. The molecule has 0 saturated heterocycles. The summed E-state index contributed by atoms with van der Waals surface area (Å²) in [6.45, 7) is 0.0493. The van der Waals surface area contributed by atoms with Gasteiger partial charge in [-0.15, -0.1) is 0 Å². The van der Waals surface area contributed by atoms with Crippen molar-refractivity contribution in [2.24, 2.45) is 0 Å². The minimum Gasteiger partial charge on any atom is -0.387 e. The highest BCUT2D eigenvalue weighted by atomic mass is 35.5. The standard InChI is InChI=1S/C19H14ClF4N3O/c20-15-7-11(4-5-14(15)19(22,23)24)16-8-18(27-10-26-16)25-9-17(28)12-2-1-3-13(21)6-12/h1-8,10,17,28H,9H2,(H,25,26,27)/t17-/m0/s1. The number of nitrogens with zero attached hydrogens (tertiary/aromatic N) is 2. The highest BCUT2D eigenvalue weighted by molar-refractivity contribution is 6.31. The molecule has 0 aliphatic carbocycles. The maximum Gasteiger partial charge on any atom is 0.417 e. The number of alkyl halides is 3. The lowest BCUT2D eigenvalue weighted by atomic mass is 10.1. The van der Waals surface area contributed by atoms with E-state index in [2.05, 4.69) is 15.3 Å². The van der Waals surface area contributed by atoms with Crippen molar-refractivity contribution in [2.45, 2.75) is 12.3 Å². The second-order valence-electron chi connectivity index (χ2n) is 5.93. The van der Waals surface area contributed by atoms with Gasteiger partial charge in [0.25, 0.3) is 0 Å². The zero-order chi connectivity index (χ0) is 20.3. The summed E-state index contributed by atoms with van der Waals surface area (Å²) in [6, 6.07) is 10.4. The molecule has 0 aliphatic rings. The summed E-state index contributed by atoms with van der Waals surface area (Å²) in [5, 5.41) is 12.6. The summed E-state index contributed by atoms with van der Waals surface area (Å²) < 4.78 is 51.7. The van der Waals surface area contributed by atoms with Gasteiger partial charge in [0, 0.05) is 18.2 Å². The molecule has 2 N–H and O–H groups in total. The number of nitrogens with one attached hydrogen (secondary N) is 1. The molecule has 0 spiro atoms. The molecule has 146 valence electrons. The van der Waals surface area contributed by atoms with Gasteiger partial charge in [-0.1, -0.05) is 29.8 Å². The number of rotatable bonds is 5. The molecule has 1 aromatic heterocycles. The molecule has 1 atom stereocenters. The van der Waals surface area contributed by atoms with Gasteiger partial charge in [0.2, 0.25) is 0 Å². The van der Waals surface area contributed by atoms with E-state index in [-0.39, 0.29) is 6.54 Å². The predicted molar refractivity (Wildman–Crippen MR) is 97.3 cm³/mol. The topological polar surface area (TPSA) is 58.0 Å². The second kappa shape index (κ2) is 8.12. The van der Waals surface area contributed by atoms with E-state index in [0.29, 0.717) is 22.6 Å². The first-order valence-corrected chi connectivity index (χ1v) is 8.48. The Morgan fingerprint density at radius 3 is 2.54 bits per heavy atom. The summed E-state index contributed by atoms with van der Waals surface area (Å²) in [5.41, 5.74) is 0.210. The Morgan fingerprint density at radius 2 is 1.86 bits per heavy atom. The van der Waals surface area contributed by atoms with Gasteiger partial charge < -0.3 is 10.4 Å². The average molecular weight is 412 g/mol.